The number of hydrogen-bond acceptors (Lipinski definition) is 4. The Balaban J connectivity index is 1.44. The Hall–Kier alpha value is -2.76. The summed E-state index contributed by atoms with van der Waals surface area (Å²) in [5, 5.41) is 3.03. The Morgan fingerprint density at radius 2 is 1.93 bits per heavy atom. The molecule has 0 aliphatic rings. The number of H-pyrrole nitrogens is 1. The van der Waals surface area contributed by atoms with Gasteiger partial charge in [0.05, 0.1) is 12.3 Å². The van der Waals surface area contributed by atoms with E-state index >= 15 is 0 Å². The van der Waals surface area contributed by atoms with Gasteiger partial charge in [-0.05, 0) is 47.6 Å². The monoisotopic (exact) mass is 376 g/mol. The number of hydrogen-bond donors (Lipinski definition) is 1. The minimum Gasteiger partial charge on any atom is -0.377 e. The highest BCUT2D eigenvalue weighted by Crippen LogP contribution is 2.24. The predicted octanol–water partition coefficient (Wildman–Crippen LogP) is 4.80. The fourth-order valence-electron chi connectivity index (χ4n) is 3.19. The van der Waals surface area contributed by atoms with Crippen molar-refractivity contribution in [3.63, 3.8) is 0 Å². The summed E-state index contributed by atoms with van der Waals surface area (Å²) in [5.74, 6) is 0. The van der Waals surface area contributed by atoms with Crippen LogP contribution in [-0.2, 0) is 17.8 Å². The zero-order chi connectivity index (χ0) is 18.5. The molecule has 4 nitrogen and oxygen atoms in total. The molecule has 0 unspecified atom stereocenters. The van der Waals surface area contributed by atoms with Crippen molar-refractivity contribution in [3.05, 3.63) is 87.5 Å². The maximum Gasteiger partial charge on any atom is 0.248 e. The summed E-state index contributed by atoms with van der Waals surface area (Å²) in [6.45, 7) is 1.29. The molecule has 0 spiro atoms. The minimum atomic E-state index is -0.0712. The molecule has 4 aromatic rings. The quantitative estimate of drug-likeness (QED) is 0.471. The number of pyridine rings is 1. The van der Waals surface area contributed by atoms with Gasteiger partial charge in [0.15, 0.2) is 0 Å². The summed E-state index contributed by atoms with van der Waals surface area (Å²) in [6, 6.07) is 20.0. The van der Waals surface area contributed by atoms with Crippen molar-refractivity contribution in [2.75, 3.05) is 6.61 Å². The highest BCUT2D eigenvalue weighted by Gasteiger charge is 2.07. The number of nitrogens with one attached hydrogen (secondary N) is 1. The van der Waals surface area contributed by atoms with Gasteiger partial charge < -0.3 is 9.72 Å². The van der Waals surface area contributed by atoms with E-state index in [1.54, 1.807) is 6.07 Å². The van der Waals surface area contributed by atoms with Gasteiger partial charge in [0.25, 0.3) is 0 Å². The third-order valence-electron chi connectivity index (χ3n) is 4.51. The van der Waals surface area contributed by atoms with E-state index in [-0.39, 0.29) is 5.56 Å². The van der Waals surface area contributed by atoms with E-state index in [4.69, 9.17) is 4.74 Å². The van der Waals surface area contributed by atoms with E-state index in [1.807, 2.05) is 35.7 Å². The van der Waals surface area contributed by atoms with Gasteiger partial charge in [-0.3, -0.25) is 4.79 Å². The maximum atomic E-state index is 12.1. The summed E-state index contributed by atoms with van der Waals surface area (Å²) in [6.07, 6.45) is 1.69. The lowest BCUT2D eigenvalue weighted by atomic mass is 10.0. The average molecular weight is 376 g/mol. The van der Waals surface area contributed by atoms with E-state index in [2.05, 4.69) is 33.6 Å². The van der Waals surface area contributed by atoms with Gasteiger partial charge in [-0.2, -0.15) is 4.37 Å². The molecule has 0 aliphatic carbocycles. The molecule has 0 saturated heterocycles. The first-order chi connectivity index (χ1) is 13.3. The number of aromatic nitrogens is 2. The fraction of sp³-hybridized carbons (Fsp3) is 0.182. The number of rotatable bonds is 7. The van der Waals surface area contributed by atoms with Crippen LogP contribution in [0.2, 0.25) is 0 Å². The molecule has 4 rings (SSSR count). The molecule has 0 amide bonds. The van der Waals surface area contributed by atoms with Crippen molar-refractivity contribution in [1.82, 2.24) is 9.36 Å². The number of nitrogens with zero attached hydrogens (tertiary/aromatic N) is 1. The summed E-state index contributed by atoms with van der Waals surface area (Å²) in [4.78, 5) is 15.0. The Morgan fingerprint density at radius 1 is 1.04 bits per heavy atom. The standard InChI is InChI=1S/C22H20N2O2S/c25-22-14-17(7-4-11-26-15-16-5-2-1-3-6-16)19-9-8-18(13-21(19)23-22)20-10-12-27-24-20/h1-3,5-6,8-10,12-14H,4,7,11,15H2,(H,23,25). The number of ether oxygens (including phenoxy) is 1. The third kappa shape index (κ3) is 4.32. The molecule has 0 bridgehead atoms. The Kier molecular flexibility index (Phi) is 5.42. The van der Waals surface area contributed by atoms with Crippen molar-refractivity contribution >= 4 is 22.4 Å². The molecule has 5 heteroatoms. The summed E-state index contributed by atoms with van der Waals surface area (Å²) in [5.41, 5.74) is 4.96. The average Bonchev–Trinajstić information content (AvgIpc) is 3.22. The van der Waals surface area contributed by atoms with Gasteiger partial charge in [0, 0.05) is 34.5 Å². The van der Waals surface area contributed by atoms with E-state index in [0.717, 1.165) is 40.6 Å². The van der Waals surface area contributed by atoms with Crippen LogP contribution < -0.4 is 5.56 Å². The Morgan fingerprint density at radius 3 is 2.74 bits per heavy atom. The maximum absolute atomic E-state index is 12.1. The number of aryl methyl sites for hydroxylation is 1. The Labute approximate surface area is 161 Å². The largest absolute Gasteiger partial charge is 0.377 e. The number of benzene rings is 2. The van der Waals surface area contributed by atoms with Crippen molar-refractivity contribution < 1.29 is 4.74 Å². The molecule has 0 radical (unpaired) electrons. The highest BCUT2D eigenvalue weighted by atomic mass is 32.1. The third-order valence-corrected chi connectivity index (χ3v) is 5.07. The van der Waals surface area contributed by atoms with Crippen LogP contribution in [-0.4, -0.2) is 16.0 Å². The van der Waals surface area contributed by atoms with Gasteiger partial charge in [-0.1, -0.05) is 42.5 Å². The van der Waals surface area contributed by atoms with E-state index < -0.39 is 0 Å². The fourth-order valence-corrected chi connectivity index (χ4v) is 3.72. The topological polar surface area (TPSA) is 55.0 Å². The molecule has 1 N–H and O–H groups in total. The lowest BCUT2D eigenvalue weighted by molar-refractivity contribution is 0.119. The van der Waals surface area contributed by atoms with Crippen LogP contribution in [0.3, 0.4) is 0 Å². The minimum absolute atomic E-state index is 0.0712. The zero-order valence-electron chi connectivity index (χ0n) is 14.9. The van der Waals surface area contributed by atoms with Crippen molar-refractivity contribution in [1.29, 1.82) is 0 Å². The molecule has 0 saturated carbocycles. The SMILES string of the molecule is O=c1cc(CCCOCc2ccccc2)c2ccc(-c3ccsn3)cc2[nH]1. The van der Waals surface area contributed by atoms with Crippen LogP contribution in [0.15, 0.2) is 70.8 Å². The van der Waals surface area contributed by atoms with E-state index in [1.165, 1.54) is 17.1 Å². The van der Waals surface area contributed by atoms with Gasteiger partial charge in [-0.15, -0.1) is 0 Å². The van der Waals surface area contributed by atoms with Crippen molar-refractivity contribution in [2.45, 2.75) is 19.4 Å². The highest BCUT2D eigenvalue weighted by molar-refractivity contribution is 7.03. The first-order valence-electron chi connectivity index (χ1n) is 8.98. The molecular formula is C22H20N2O2S. The van der Waals surface area contributed by atoms with Crippen molar-refractivity contribution in [3.8, 4) is 11.3 Å². The van der Waals surface area contributed by atoms with Gasteiger partial charge in [-0.25, -0.2) is 0 Å². The summed E-state index contributed by atoms with van der Waals surface area (Å²) in [7, 11) is 0. The first kappa shape index (κ1) is 17.6. The van der Waals surface area contributed by atoms with Crippen LogP contribution in [0.1, 0.15) is 17.5 Å². The van der Waals surface area contributed by atoms with Crippen molar-refractivity contribution in [2.24, 2.45) is 0 Å². The van der Waals surface area contributed by atoms with Crippen LogP contribution >= 0.6 is 11.5 Å². The van der Waals surface area contributed by atoms with Crippen LogP contribution in [0, 0.1) is 0 Å². The molecule has 2 aromatic heterocycles. The second kappa shape index (κ2) is 8.29. The summed E-state index contributed by atoms with van der Waals surface area (Å²) >= 11 is 1.42. The van der Waals surface area contributed by atoms with Gasteiger partial charge >= 0.3 is 0 Å². The second-order valence-corrected chi connectivity index (χ2v) is 7.11. The van der Waals surface area contributed by atoms with E-state index in [9.17, 15) is 4.79 Å². The molecule has 0 atom stereocenters. The second-order valence-electron chi connectivity index (χ2n) is 6.45. The van der Waals surface area contributed by atoms with Gasteiger partial charge in [0.2, 0.25) is 5.56 Å². The zero-order valence-corrected chi connectivity index (χ0v) is 15.7. The predicted molar refractivity (Wildman–Crippen MR) is 110 cm³/mol. The van der Waals surface area contributed by atoms with Crippen LogP contribution in [0.5, 0.6) is 0 Å². The molecule has 0 aliphatic heterocycles. The molecule has 0 fully saturated rings. The first-order valence-corrected chi connectivity index (χ1v) is 9.82. The molecule has 2 aromatic carbocycles. The number of aromatic amines is 1. The normalized spacial score (nSPS) is 11.1. The summed E-state index contributed by atoms with van der Waals surface area (Å²) < 4.78 is 10.1. The lowest BCUT2D eigenvalue weighted by Gasteiger charge is -2.08. The van der Waals surface area contributed by atoms with Crippen LogP contribution in [0.4, 0.5) is 0 Å². The lowest BCUT2D eigenvalue weighted by Crippen LogP contribution is -2.07. The van der Waals surface area contributed by atoms with E-state index in [0.29, 0.717) is 13.2 Å². The Bertz CT molecular complexity index is 1070. The van der Waals surface area contributed by atoms with Gasteiger partial charge in [0.1, 0.15) is 0 Å². The molecular weight excluding hydrogens is 356 g/mol. The smallest absolute Gasteiger partial charge is 0.248 e. The number of fused-ring (bicyclic) bond motifs is 1. The molecule has 136 valence electrons. The van der Waals surface area contributed by atoms with Crippen LogP contribution in [0.25, 0.3) is 22.2 Å². The molecule has 27 heavy (non-hydrogen) atoms. The molecule has 2 heterocycles.